The number of benzene rings is 2. The van der Waals surface area contributed by atoms with Crippen LogP contribution in [0.2, 0.25) is 5.02 Å². The van der Waals surface area contributed by atoms with Crippen molar-refractivity contribution in [2.45, 2.75) is 19.4 Å². The Labute approximate surface area is 201 Å². The van der Waals surface area contributed by atoms with E-state index in [1.54, 1.807) is 29.2 Å². The largest absolute Gasteiger partial charge is 0.340 e. The van der Waals surface area contributed by atoms with E-state index in [0.29, 0.717) is 41.1 Å². The molecule has 2 aromatic heterocycles. The van der Waals surface area contributed by atoms with E-state index in [-0.39, 0.29) is 29.7 Å². The van der Waals surface area contributed by atoms with Gasteiger partial charge < -0.3 is 14.8 Å². The molecule has 2 amide bonds. The second-order valence-electron chi connectivity index (χ2n) is 8.48. The fourth-order valence-corrected chi connectivity index (χ4v) is 4.69. The van der Waals surface area contributed by atoms with E-state index >= 15 is 0 Å². The number of amides is 2. The van der Waals surface area contributed by atoms with Gasteiger partial charge in [0.25, 0.3) is 0 Å². The maximum absolute atomic E-state index is 13.4. The Bertz CT molecular complexity index is 1390. The Balaban J connectivity index is 1.38. The highest BCUT2D eigenvalue weighted by Crippen LogP contribution is 2.22. The molecular formula is C26H23ClN4O3. The Morgan fingerprint density at radius 3 is 2.32 bits per heavy atom. The van der Waals surface area contributed by atoms with Crippen LogP contribution in [0.25, 0.3) is 21.8 Å². The number of nitrogens with one attached hydrogen (secondary N) is 1. The van der Waals surface area contributed by atoms with Crippen LogP contribution in [0.15, 0.2) is 71.7 Å². The molecule has 34 heavy (non-hydrogen) atoms. The summed E-state index contributed by atoms with van der Waals surface area (Å²) in [5.74, 6) is -0.130. The normalized spacial score (nSPS) is 16.0. The van der Waals surface area contributed by atoms with Gasteiger partial charge >= 0.3 is 0 Å². The van der Waals surface area contributed by atoms with Crippen LogP contribution in [-0.2, 0) is 16.1 Å². The molecule has 7 nitrogen and oxygen atoms in total. The van der Waals surface area contributed by atoms with Crippen LogP contribution in [0.1, 0.15) is 12.8 Å². The first kappa shape index (κ1) is 22.1. The molecule has 1 unspecified atom stereocenters. The highest BCUT2D eigenvalue weighted by molar-refractivity contribution is 6.30. The van der Waals surface area contributed by atoms with Crippen molar-refractivity contribution in [2.75, 3.05) is 18.4 Å². The van der Waals surface area contributed by atoms with Crippen LogP contribution in [0.3, 0.4) is 0 Å². The number of piperidine rings is 1. The van der Waals surface area contributed by atoms with Crippen molar-refractivity contribution in [3.63, 3.8) is 0 Å². The molecule has 3 heterocycles. The number of para-hydroxylation sites is 2. The summed E-state index contributed by atoms with van der Waals surface area (Å²) >= 11 is 5.86. The number of hydrogen-bond donors (Lipinski definition) is 1. The number of carbonyl (C=O) groups excluding carboxylic acids is 2. The number of carbonyl (C=O) groups is 2. The molecule has 1 N–H and O–H groups in total. The molecule has 0 radical (unpaired) electrons. The van der Waals surface area contributed by atoms with E-state index in [0.717, 1.165) is 17.5 Å². The maximum atomic E-state index is 13.4. The maximum Gasteiger partial charge on any atom is 0.242 e. The lowest BCUT2D eigenvalue weighted by molar-refractivity contribution is -0.135. The second kappa shape index (κ2) is 9.27. The lowest BCUT2D eigenvalue weighted by atomic mass is 9.97. The van der Waals surface area contributed by atoms with Crippen molar-refractivity contribution < 1.29 is 9.59 Å². The van der Waals surface area contributed by atoms with Gasteiger partial charge in [0.1, 0.15) is 12.4 Å². The van der Waals surface area contributed by atoms with Crippen LogP contribution in [0.4, 0.5) is 5.82 Å². The predicted octanol–water partition coefficient (Wildman–Crippen LogP) is 4.08. The average molecular weight is 475 g/mol. The van der Waals surface area contributed by atoms with Crippen molar-refractivity contribution in [3.05, 3.63) is 82.1 Å². The number of aromatic nitrogens is 2. The summed E-state index contributed by atoms with van der Waals surface area (Å²) in [6, 6.07) is 18.0. The molecule has 1 aliphatic heterocycles. The van der Waals surface area contributed by atoms with Gasteiger partial charge in [-0.3, -0.25) is 14.4 Å². The third kappa shape index (κ3) is 4.26. The van der Waals surface area contributed by atoms with E-state index in [1.165, 1.54) is 6.20 Å². The number of anilines is 1. The molecular weight excluding hydrogens is 452 g/mol. The highest BCUT2D eigenvalue weighted by Gasteiger charge is 2.29. The summed E-state index contributed by atoms with van der Waals surface area (Å²) in [5.41, 5.74) is 1.40. The van der Waals surface area contributed by atoms with Gasteiger partial charge in [-0.05, 0) is 49.2 Å². The Morgan fingerprint density at radius 2 is 1.68 bits per heavy atom. The standard InChI is InChI=1S/C26H23ClN4O3/c27-18-11-12-23(28-14-18)29-26(34)17-6-5-13-30(15-17)24(32)16-31-21-9-3-1-7-19(21)25(33)20-8-2-4-10-22(20)31/h1-4,7-12,14,17H,5-6,13,15-16H2,(H,28,29,34). The number of fused-ring (bicyclic) bond motifs is 2. The number of halogens is 1. The quantitative estimate of drug-likeness (QED) is 0.452. The molecule has 8 heteroatoms. The van der Waals surface area contributed by atoms with Crippen LogP contribution >= 0.6 is 11.6 Å². The molecule has 0 saturated carbocycles. The van der Waals surface area contributed by atoms with E-state index in [9.17, 15) is 14.4 Å². The minimum Gasteiger partial charge on any atom is -0.340 e. The molecule has 1 atom stereocenters. The third-order valence-electron chi connectivity index (χ3n) is 6.30. The van der Waals surface area contributed by atoms with E-state index < -0.39 is 0 Å². The van der Waals surface area contributed by atoms with Gasteiger partial charge in [0, 0.05) is 30.1 Å². The van der Waals surface area contributed by atoms with Gasteiger partial charge in [0.05, 0.1) is 22.0 Å². The van der Waals surface area contributed by atoms with Crippen LogP contribution in [0.5, 0.6) is 0 Å². The molecule has 0 bridgehead atoms. The highest BCUT2D eigenvalue weighted by atomic mass is 35.5. The smallest absolute Gasteiger partial charge is 0.242 e. The first-order valence-corrected chi connectivity index (χ1v) is 11.6. The number of rotatable bonds is 4. The molecule has 0 spiro atoms. The van der Waals surface area contributed by atoms with E-state index in [2.05, 4.69) is 10.3 Å². The average Bonchev–Trinajstić information content (AvgIpc) is 2.88. The van der Waals surface area contributed by atoms with Crippen LogP contribution in [-0.4, -0.2) is 39.4 Å². The zero-order valence-corrected chi connectivity index (χ0v) is 19.2. The Kier molecular flexibility index (Phi) is 6.02. The number of nitrogens with zero attached hydrogens (tertiary/aromatic N) is 3. The molecule has 172 valence electrons. The molecule has 1 aliphatic rings. The van der Waals surface area contributed by atoms with Gasteiger partial charge in [-0.25, -0.2) is 4.98 Å². The van der Waals surface area contributed by atoms with E-state index in [4.69, 9.17) is 11.6 Å². The Hall–Kier alpha value is -3.71. The van der Waals surface area contributed by atoms with Crippen molar-refractivity contribution >= 4 is 51.0 Å². The number of pyridine rings is 2. The molecule has 1 saturated heterocycles. The molecule has 0 aliphatic carbocycles. The third-order valence-corrected chi connectivity index (χ3v) is 6.52. The lowest BCUT2D eigenvalue weighted by Crippen LogP contribution is -2.45. The second-order valence-corrected chi connectivity index (χ2v) is 8.92. The monoisotopic (exact) mass is 474 g/mol. The fourth-order valence-electron chi connectivity index (χ4n) is 4.58. The summed E-state index contributed by atoms with van der Waals surface area (Å²) in [6.07, 6.45) is 2.92. The van der Waals surface area contributed by atoms with Gasteiger partial charge in [0.15, 0.2) is 5.43 Å². The summed E-state index contributed by atoms with van der Waals surface area (Å²) < 4.78 is 1.90. The molecule has 2 aromatic carbocycles. The minimum atomic E-state index is -0.322. The van der Waals surface area contributed by atoms with E-state index in [1.807, 2.05) is 41.0 Å². The number of hydrogen-bond acceptors (Lipinski definition) is 4. The SMILES string of the molecule is O=C(Nc1ccc(Cl)cn1)C1CCCN(C(=O)Cn2c3ccccc3c(=O)c3ccccc32)C1. The number of likely N-dealkylation sites (tertiary alicyclic amines) is 1. The zero-order valence-electron chi connectivity index (χ0n) is 18.4. The van der Waals surface area contributed by atoms with Crippen molar-refractivity contribution in [2.24, 2.45) is 5.92 Å². The van der Waals surface area contributed by atoms with Gasteiger partial charge in [-0.2, -0.15) is 0 Å². The van der Waals surface area contributed by atoms with Gasteiger partial charge in [-0.15, -0.1) is 0 Å². The summed E-state index contributed by atoms with van der Waals surface area (Å²) in [5, 5.41) is 4.48. The fraction of sp³-hybridized carbons (Fsp3) is 0.231. The summed E-state index contributed by atoms with van der Waals surface area (Å²) in [6.45, 7) is 1.03. The summed E-state index contributed by atoms with van der Waals surface area (Å²) in [4.78, 5) is 45.0. The van der Waals surface area contributed by atoms with Gasteiger partial charge in [0.2, 0.25) is 11.8 Å². The van der Waals surface area contributed by atoms with Gasteiger partial charge in [-0.1, -0.05) is 35.9 Å². The minimum absolute atomic E-state index is 0.0413. The zero-order chi connectivity index (χ0) is 23.7. The first-order valence-electron chi connectivity index (χ1n) is 11.2. The topological polar surface area (TPSA) is 84.3 Å². The van der Waals surface area contributed by atoms with Crippen molar-refractivity contribution in [1.29, 1.82) is 0 Å². The van der Waals surface area contributed by atoms with Crippen LogP contribution in [0, 0.1) is 5.92 Å². The first-order chi connectivity index (χ1) is 16.5. The Morgan fingerprint density at radius 1 is 1.00 bits per heavy atom. The van der Waals surface area contributed by atoms with Crippen molar-refractivity contribution in [3.8, 4) is 0 Å². The molecule has 1 fully saturated rings. The van der Waals surface area contributed by atoms with Crippen molar-refractivity contribution in [1.82, 2.24) is 14.5 Å². The predicted molar refractivity (Wildman–Crippen MR) is 133 cm³/mol. The summed E-state index contributed by atoms with van der Waals surface area (Å²) in [7, 11) is 0. The lowest BCUT2D eigenvalue weighted by Gasteiger charge is -2.32. The van der Waals surface area contributed by atoms with Crippen LogP contribution < -0.4 is 10.7 Å². The molecule has 5 rings (SSSR count). The molecule has 4 aromatic rings.